The van der Waals surface area contributed by atoms with Crippen LogP contribution in [0.2, 0.25) is 0 Å². The zero-order valence-corrected chi connectivity index (χ0v) is 6.44. The Hall–Kier alpha value is -0.500. The molecule has 0 spiro atoms. The number of nitrogens with zero attached hydrogens (tertiary/aromatic N) is 1. The van der Waals surface area contributed by atoms with E-state index in [-0.39, 0.29) is 12.4 Å². The summed E-state index contributed by atoms with van der Waals surface area (Å²) in [5, 5.41) is 0. The normalized spacial score (nSPS) is 8.67. The van der Waals surface area contributed by atoms with E-state index < -0.39 is 0 Å². The number of hydrogen-bond acceptors (Lipinski definition) is 0. The van der Waals surface area contributed by atoms with Crippen molar-refractivity contribution < 1.29 is 17.0 Å². The highest BCUT2D eigenvalue weighted by molar-refractivity contribution is 4.82. The molecule has 0 aromatic carbocycles. The third-order valence-corrected chi connectivity index (χ3v) is 1.18. The average molecular weight is 147 g/mol. The summed E-state index contributed by atoms with van der Waals surface area (Å²) in [6, 6.07) is 0. The maximum absolute atomic E-state index is 3.08. The lowest BCUT2D eigenvalue weighted by Gasteiger charge is -1.79. The Morgan fingerprint density at radius 2 is 2.33 bits per heavy atom. The lowest BCUT2D eigenvalue weighted by molar-refractivity contribution is -0.692. The first kappa shape index (κ1) is 8.50. The number of aromatic amines is 1. The molecule has 1 N–H and O–H groups in total. The largest absolute Gasteiger partial charge is 1.00 e. The fourth-order valence-electron chi connectivity index (χ4n) is 0.691. The number of imidazole rings is 1. The van der Waals surface area contributed by atoms with E-state index in [1.165, 1.54) is 5.69 Å². The number of aromatic nitrogens is 2. The number of hydrogen-bond donors (Lipinski definition) is 1. The lowest BCUT2D eigenvalue weighted by Crippen LogP contribution is -3.00. The standard InChI is InChI=1S/C6H10N2.ClH/c1-3-8-4-6(2)7-5-8;/h4-5H,3H2,1-2H3;1H. The summed E-state index contributed by atoms with van der Waals surface area (Å²) in [7, 11) is 0. The summed E-state index contributed by atoms with van der Waals surface area (Å²) in [5.41, 5.74) is 1.21. The van der Waals surface area contributed by atoms with Crippen LogP contribution in [0, 0.1) is 6.92 Å². The van der Waals surface area contributed by atoms with Crippen LogP contribution in [0.25, 0.3) is 0 Å². The molecule has 0 aliphatic carbocycles. The molecule has 3 heteroatoms. The molecule has 1 rings (SSSR count). The third-order valence-electron chi connectivity index (χ3n) is 1.18. The van der Waals surface area contributed by atoms with E-state index in [9.17, 15) is 0 Å². The van der Waals surface area contributed by atoms with Crippen molar-refractivity contribution in [3.05, 3.63) is 18.2 Å². The van der Waals surface area contributed by atoms with Crippen LogP contribution >= 0.6 is 0 Å². The molecule has 0 radical (unpaired) electrons. The Kier molecular flexibility index (Phi) is 3.32. The van der Waals surface area contributed by atoms with Crippen molar-refractivity contribution in [2.75, 3.05) is 0 Å². The number of H-pyrrole nitrogens is 1. The predicted octanol–water partition coefficient (Wildman–Crippen LogP) is -2.37. The Morgan fingerprint density at radius 1 is 1.67 bits per heavy atom. The van der Waals surface area contributed by atoms with Crippen LogP contribution in [-0.2, 0) is 6.54 Å². The molecule has 1 aromatic heterocycles. The Bertz CT molecular complexity index is 171. The summed E-state index contributed by atoms with van der Waals surface area (Å²) in [5.74, 6) is 0. The maximum Gasteiger partial charge on any atom is 0.241 e. The van der Waals surface area contributed by atoms with Gasteiger partial charge in [-0.05, 0) is 6.92 Å². The van der Waals surface area contributed by atoms with E-state index in [0.29, 0.717) is 0 Å². The Balaban J connectivity index is 0.000000640. The highest BCUT2D eigenvalue weighted by Crippen LogP contribution is 1.81. The SMILES string of the molecule is CC[n+]1c[nH]c(C)c1.[Cl-]. The Labute approximate surface area is 61.3 Å². The zero-order valence-electron chi connectivity index (χ0n) is 5.69. The van der Waals surface area contributed by atoms with Crippen LogP contribution in [0.3, 0.4) is 0 Å². The summed E-state index contributed by atoms with van der Waals surface area (Å²) in [6.07, 6.45) is 4.05. The van der Waals surface area contributed by atoms with Gasteiger partial charge in [0.25, 0.3) is 0 Å². The van der Waals surface area contributed by atoms with Gasteiger partial charge in [-0.15, -0.1) is 0 Å². The van der Waals surface area contributed by atoms with Crippen molar-refractivity contribution in [2.24, 2.45) is 0 Å². The molecule has 0 unspecified atom stereocenters. The first-order valence-corrected chi connectivity index (χ1v) is 2.87. The van der Waals surface area contributed by atoms with Gasteiger partial charge in [-0.3, -0.25) is 0 Å². The van der Waals surface area contributed by atoms with Gasteiger partial charge in [-0.1, -0.05) is 0 Å². The van der Waals surface area contributed by atoms with Crippen molar-refractivity contribution in [3.8, 4) is 0 Å². The summed E-state index contributed by atoms with van der Waals surface area (Å²) in [4.78, 5) is 3.08. The fourth-order valence-corrected chi connectivity index (χ4v) is 0.691. The molecule has 0 saturated carbocycles. The van der Waals surface area contributed by atoms with Crippen molar-refractivity contribution in [1.82, 2.24) is 4.98 Å². The van der Waals surface area contributed by atoms with Crippen LogP contribution in [0.4, 0.5) is 0 Å². The molecule has 0 fully saturated rings. The van der Waals surface area contributed by atoms with Crippen LogP contribution in [0.1, 0.15) is 12.6 Å². The summed E-state index contributed by atoms with van der Waals surface area (Å²) < 4.78 is 2.11. The minimum atomic E-state index is 0. The van der Waals surface area contributed by atoms with Gasteiger partial charge in [-0.2, -0.15) is 0 Å². The second kappa shape index (κ2) is 3.51. The first-order valence-electron chi connectivity index (χ1n) is 2.87. The van der Waals surface area contributed by atoms with Crippen molar-refractivity contribution in [1.29, 1.82) is 0 Å². The highest BCUT2D eigenvalue weighted by Gasteiger charge is 1.94. The second-order valence-corrected chi connectivity index (χ2v) is 1.92. The molecule has 0 aliphatic rings. The molecule has 2 nitrogen and oxygen atoms in total. The number of nitrogens with one attached hydrogen (secondary N) is 1. The van der Waals surface area contributed by atoms with E-state index >= 15 is 0 Å². The van der Waals surface area contributed by atoms with Gasteiger partial charge in [-0.25, -0.2) is 9.55 Å². The zero-order chi connectivity index (χ0) is 5.98. The molecular weight excluding hydrogens is 136 g/mol. The van der Waals surface area contributed by atoms with Crippen LogP contribution in [-0.4, -0.2) is 4.98 Å². The molecule has 1 heterocycles. The Morgan fingerprint density at radius 3 is 2.56 bits per heavy atom. The predicted molar refractivity (Wildman–Crippen MR) is 31.4 cm³/mol. The van der Waals surface area contributed by atoms with Gasteiger partial charge in [0.2, 0.25) is 6.33 Å². The molecule has 0 saturated heterocycles. The van der Waals surface area contributed by atoms with Crippen LogP contribution in [0.15, 0.2) is 12.5 Å². The highest BCUT2D eigenvalue weighted by atomic mass is 35.5. The molecule has 1 aromatic rings. The topological polar surface area (TPSA) is 19.7 Å². The van der Waals surface area contributed by atoms with E-state index in [2.05, 4.69) is 22.7 Å². The van der Waals surface area contributed by atoms with E-state index in [1.807, 2.05) is 13.3 Å². The molecule has 52 valence electrons. The minimum Gasteiger partial charge on any atom is -1.00 e. The number of aryl methyl sites for hydroxylation is 2. The lowest BCUT2D eigenvalue weighted by atomic mass is 10.6. The monoisotopic (exact) mass is 146 g/mol. The fraction of sp³-hybridized carbons (Fsp3) is 0.500. The van der Waals surface area contributed by atoms with Gasteiger partial charge >= 0.3 is 0 Å². The van der Waals surface area contributed by atoms with Crippen molar-refractivity contribution in [3.63, 3.8) is 0 Å². The van der Waals surface area contributed by atoms with Gasteiger partial charge in [0, 0.05) is 6.92 Å². The van der Waals surface area contributed by atoms with Gasteiger partial charge in [0.1, 0.15) is 11.9 Å². The van der Waals surface area contributed by atoms with Gasteiger partial charge in [0.05, 0.1) is 6.54 Å². The molecule has 0 amide bonds. The summed E-state index contributed by atoms with van der Waals surface area (Å²) >= 11 is 0. The number of halogens is 1. The number of rotatable bonds is 1. The third kappa shape index (κ3) is 2.06. The second-order valence-electron chi connectivity index (χ2n) is 1.92. The van der Waals surface area contributed by atoms with E-state index in [4.69, 9.17) is 0 Å². The molecule has 9 heavy (non-hydrogen) atoms. The van der Waals surface area contributed by atoms with E-state index in [0.717, 1.165) is 6.54 Å². The average Bonchev–Trinajstić information content (AvgIpc) is 2.14. The molecular formula is C6H11ClN2. The van der Waals surface area contributed by atoms with Crippen molar-refractivity contribution >= 4 is 0 Å². The smallest absolute Gasteiger partial charge is 0.241 e. The maximum atomic E-state index is 3.08. The molecule has 0 atom stereocenters. The van der Waals surface area contributed by atoms with Crippen LogP contribution < -0.4 is 17.0 Å². The minimum absolute atomic E-state index is 0. The van der Waals surface area contributed by atoms with Gasteiger partial charge in [0.15, 0.2) is 0 Å². The van der Waals surface area contributed by atoms with Crippen molar-refractivity contribution in [2.45, 2.75) is 20.4 Å². The summed E-state index contributed by atoms with van der Waals surface area (Å²) in [6.45, 7) is 5.21. The van der Waals surface area contributed by atoms with Gasteiger partial charge < -0.3 is 12.4 Å². The van der Waals surface area contributed by atoms with E-state index in [1.54, 1.807) is 0 Å². The quantitative estimate of drug-likeness (QED) is 0.428. The first-order chi connectivity index (χ1) is 3.83. The molecule has 0 aliphatic heterocycles. The molecule has 0 bridgehead atoms. The van der Waals surface area contributed by atoms with Crippen LogP contribution in [0.5, 0.6) is 0 Å².